The van der Waals surface area contributed by atoms with E-state index in [1.165, 1.54) is 26.2 Å². The van der Waals surface area contributed by atoms with Crippen LogP contribution in [0.5, 0.6) is 0 Å². The Morgan fingerprint density at radius 3 is 2.67 bits per heavy atom. The molecule has 0 aromatic heterocycles. The van der Waals surface area contributed by atoms with Gasteiger partial charge >= 0.3 is 0 Å². The predicted octanol–water partition coefficient (Wildman–Crippen LogP) is 1.89. The maximum atomic E-state index is 6.02. The van der Waals surface area contributed by atoms with Crippen LogP contribution in [0.1, 0.15) is 12.5 Å². The zero-order valence-corrected chi connectivity index (χ0v) is 15.8. The molecule has 0 saturated carbocycles. The number of nitrogens with one attached hydrogen (secondary N) is 2. The smallest absolute Gasteiger partial charge is 0.191 e. The van der Waals surface area contributed by atoms with Gasteiger partial charge in [0.05, 0.1) is 0 Å². The fourth-order valence-corrected chi connectivity index (χ4v) is 3.07. The van der Waals surface area contributed by atoms with Gasteiger partial charge in [-0.2, -0.15) is 0 Å². The zero-order chi connectivity index (χ0) is 17.4. The number of aliphatic imine (C=N–C) groups is 1. The highest BCUT2D eigenvalue weighted by Crippen LogP contribution is 2.10. The lowest BCUT2D eigenvalue weighted by atomic mass is 10.1. The predicted molar refractivity (Wildman–Crippen MR) is 103 cm³/mol. The Kier molecular flexibility index (Phi) is 7.82. The summed E-state index contributed by atoms with van der Waals surface area (Å²) in [6.45, 7) is 9.73. The summed E-state index contributed by atoms with van der Waals surface area (Å²) in [6.07, 6.45) is 0. The summed E-state index contributed by atoms with van der Waals surface area (Å²) in [4.78, 5) is 9.24. The third kappa shape index (κ3) is 6.67. The number of nitrogens with zero attached hydrogens (tertiary/aromatic N) is 3. The lowest BCUT2D eigenvalue weighted by Crippen LogP contribution is -2.47. The lowest BCUT2D eigenvalue weighted by Gasteiger charge is -2.34. The third-order valence-electron chi connectivity index (χ3n) is 4.36. The van der Waals surface area contributed by atoms with Gasteiger partial charge in [-0.15, -0.1) is 0 Å². The summed E-state index contributed by atoms with van der Waals surface area (Å²) < 4.78 is 0. The molecule has 6 heteroatoms. The number of hydrogen-bond acceptors (Lipinski definition) is 3. The van der Waals surface area contributed by atoms with E-state index < -0.39 is 0 Å². The van der Waals surface area contributed by atoms with Crippen molar-refractivity contribution in [2.75, 3.05) is 53.4 Å². The molecule has 1 aromatic rings. The van der Waals surface area contributed by atoms with Gasteiger partial charge in [0.2, 0.25) is 0 Å². The van der Waals surface area contributed by atoms with Crippen LogP contribution in [-0.2, 0) is 6.54 Å². The summed E-state index contributed by atoms with van der Waals surface area (Å²) in [5.41, 5.74) is 1.15. The Hall–Kier alpha value is -1.30. The molecule has 1 fully saturated rings. The van der Waals surface area contributed by atoms with Crippen molar-refractivity contribution >= 4 is 17.6 Å². The molecule has 1 atom stereocenters. The van der Waals surface area contributed by atoms with Crippen molar-refractivity contribution in [2.24, 2.45) is 10.9 Å². The highest BCUT2D eigenvalue weighted by atomic mass is 35.5. The van der Waals surface area contributed by atoms with E-state index in [0.717, 1.165) is 29.6 Å². The van der Waals surface area contributed by atoms with Crippen molar-refractivity contribution in [3.8, 4) is 0 Å². The summed E-state index contributed by atoms with van der Waals surface area (Å²) in [7, 11) is 4.00. The van der Waals surface area contributed by atoms with Crippen molar-refractivity contribution in [3.63, 3.8) is 0 Å². The molecule has 5 nitrogen and oxygen atoms in total. The highest BCUT2D eigenvalue weighted by molar-refractivity contribution is 6.30. The monoisotopic (exact) mass is 351 g/mol. The molecule has 2 N–H and O–H groups in total. The molecule has 134 valence electrons. The van der Waals surface area contributed by atoms with Gasteiger partial charge in [-0.05, 0) is 30.7 Å². The third-order valence-corrected chi connectivity index (χ3v) is 4.59. The van der Waals surface area contributed by atoms with Gasteiger partial charge in [-0.3, -0.25) is 4.99 Å². The number of hydrogen-bond donors (Lipinski definition) is 2. The van der Waals surface area contributed by atoms with Crippen molar-refractivity contribution < 1.29 is 0 Å². The van der Waals surface area contributed by atoms with Crippen molar-refractivity contribution in [3.05, 3.63) is 34.9 Å². The Morgan fingerprint density at radius 2 is 2.00 bits per heavy atom. The van der Waals surface area contributed by atoms with Crippen LogP contribution >= 0.6 is 11.6 Å². The molecule has 0 spiro atoms. The van der Waals surface area contributed by atoms with Crippen molar-refractivity contribution in [1.29, 1.82) is 0 Å². The van der Waals surface area contributed by atoms with E-state index in [1.54, 1.807) is 7.05 Å². The van der Waals surface area contributed by atoms with Gasteiger partial charge in [0.25, 0.3) is 0 Å². The van der Waals surface area contributed by atoms with Crippen LogP contribution in [0, 0.1) is 5.92 Å². The highest BCUT2D eigenvalue weighted by Gasteiger charge is 2.16. The average molecular weight is 352 g/mol. The summed E-state index contributed by atoms with van der Waals surface area (Å²) in [5.74, 6) is 1.42. The van der Waals surface area contributed by atoms with E-state index in [4.69, 9.17) is 11.6 Å². The minimum absolute atomic E-state index is 0.582. The second kappa shape index (κ2) is 9.87. The molecule has 1 unspecified atom stereocenters. The second-order valence-corrected chi connectivity index (χ2v) is 7.08. The standard InChI is InChI=1S/C18H30ClN5/c1-15(14-24-9-7-23(3)8-10-24)12-21-18(20-2)22-13-16-5-4-6-17(19)11-16/h4-6,11,15H,7-10,12-14H2,1-3H3,(H2,20,21,22). The molecule has 1 aliphatic rings. The van der Waals surface area contributed by atoms with Crippen LogP contribution < -0.4 is 10.6 Å². The normalized spacial score (nSPS) is 18.4. The quantitative estimate of drug-likeness (QED) is 0.606. The molecule has 0 radical (unpaired) electrons. The Bertz CT molecular complexity index is 526. The van der Waals surface area contributed by atoms with Crippen LogP contribution in [0.3, 0.4) is 0 Å². The minimum atomic E-state index is 0.582. The second-order valence-electron chi connectivity index (χ2n) is 6.65. The van der Waals surface area contributed by atoms with E-state index >= 15 is 0 Å². The van der Waals surface area contributed by atoms with Gasteiger partial charge in [0.15, 0.2) is 5.96 Å². The zero-order valence-electron chi connectivity index (χ0n) is 15.1. The van der Waals surface area contributed by atoms with Crippen LogP contribution in [0.25, 0.3) is 0 Å². The molecular formula is C18H30ClN5. The van der Waals surface area contributed by atoms with Crippen molar-refractivity contribution in [2.45, 2.75) is 13.5 Å². The Labute approximate surface area is 151 Å². The number of likely N-dealkylation sites (N-methyl/N-ethyl adjacent to an activating group) is 1. The first-order valence-corrected chi connectivity index (χ1v) is 9.04. The lowest BCUT2D eigenvalue weighted by molar-refractivity contribution is 0.139. The molecule has 1 heterocycles. The van der Waals surface area contributed by atoms with Gasteiger partial charge in [0, 0.05) is 57.9 Å². The van der Waals surface area contributed by atoms with Crippen LogP contribution in [-0.4, -0.2) is 69.1 Å². The molecule has 2 rings (SSSR count). The SMILES string of the molecule is CN=C(NCc1cccc(Cl)c1)NCC(C)CN1CCN(C)CC1. The van der Waals surface area contributed by atoms with Gasteiger partial charge in [0.1, 0.15) is 0 Å². The summed E-state index contributed by atoms with van der Waals surface area (Å²) >= 11 is 6.02. The molecule has 1 aromatic carbocycles. The summed E-state index contributed by atoms with van der Waals surface area (Å²) in [5, 5.41) is 7.52. The molecule has 0 amide bonds. The van der Waals surface area contributed by atoms with E-state index in [-0.39, 0.29) is 0 Å². The molecule has 24 heavy (non-hydrogen) atoms. The van der Waals surface area contributed by atoms with E-state index in [0.29, 0.717) is 12.5 Å². The maximum absolute atomic E-state index is 6.02. The van der Waals surface area contributed by atoms with Gasteiger partial charge < -0.3 is 20.4 Å². The van der Waals surface area contributed by atoms with Crippen molar-refractivity contribution in [1.82, 2.24) is 20.4 Å². The Balaban J connectivity index is 1.69. The molecule has 0 aliphatic carbocycles. The fraction of sp³-hybridized carbons (Fsp3) is 0.611. The molecule has 1 aliphatic heterocycles. The van der Waals surface area contributed by atoms with Crippen LogP contribution in [0.15, 0.2) is 29.3 Å². The number of piperazine rings is 1. The number of benzene rings is 1. The van der Waals surface area contributed by atoms with E-state index in [1.807, 2.05) is 18.2 Å². The van der Waals surface area contributed by atoms with Crippen LogP contribution in [0.2, 0.25) is 5.02 Å². The number of guanidine groups is 1. The summed E-state index contributed by atoms with van der Waals surface area (Å²) in [6, 6.07) is 7.88. The van der Waals surface area contributed by atoms with E-state index in [9.17, 15) is 0 Å². The first-order chi connectivity index (χ1) is 11.6. The molecule has 0 bridgehead atoms. The first-order valence-electron chi connectivity index (χ1n) is 8.66. The first kappa shape index (κ1) is 19.0. The van der Waals surface area contributed by atoms with Crippen LogP contribution in [0.4, 0.5) is 0 Å². The topological polar surface area (TPSA) is 42.9 Å². The maximum Gasteiger partial charge on any atom is 0.191 e. The largest absolute Gasteiger partial charge is 0.356 e. The van der Waals surface area contributed by atoms with Gasteiger partial charge in [-0.1, -0.05) is 30.7 Å². The molecular weight excluding hydrogens is 322 g/mol. The average Bonchev–Trinajstić information content (AvgIpc) is 2.57. The van der Waals surface area contributed by atoms with E-state index in [2.05, 4.69) is 45.5 Å². The number of rotatable bonds is 6. The Morgan fingerprint density at radius 1 is 1.25 bits per heavy atom. The molecule has 1 saturated heterocycles. The fourth-order valence-electron chi connectivity index (χ4n) is 2.86. The number of halogens is 1. The minimum Gasteiger partial charge on any atom is -0.356 e. The van der Waals surface area contributed by atoms with Gasteiger partial charge in [-0.25, -0.2) is 0 Å².